The molecule has 1 rings (SSSR count). The third-order valence-electron chi connectivity index (χ3n) is 2.46. The molecule has 0 aliphatic carbocycles. The molecule has 104 valence electrons. The lowest BCUT2D eigenvalue weighted by atomic mass is 10.1. The highest BCUT2D eigenvalue weighted by Crippen LogP contribution is 2.11. The molecule has 0 aliphatic rings. The molecule has 0 saturated carbocycles. The van der Waals surface area contributed by atoms with E-state index in [1.54, 1.807) is 36.0 Å². The van der Waals surface area contributed by atoms with E-state index in [0.29, 0.717) is 17.7 Å². The molecule has 1 unspecified atom stereocenters. The smallest absolute Gasteiger partial charge is 0.326 e. The second-order valence-electron chi connectivity index (χ2n) is 3.86. The molecule has 6 heteroatoms. The molecule has 2 N–H and O–H groups in total. The van der Waals surface area contributed by atoms with Crippen LogP contribution in [0.5, 0.6) is 0 Å². The van der Waals surface area contributed by atoms with E-state index in [4.69, 9.17) is 5.11 Å². The van der Waals surface area contributed by atoms with E-state index >= 15 is 0 Å². The molecule has 1 aromatic rings. The van der Waals surface area contributed by atoms with Crippen molar-refractivity contribution < 1.29 is 14.7 Å². The summed E-state index contributed by atoms with van der Waals surface area (Å²) in [6.45, 7) is 2.01. The number of nitrogens with one attached hydrogen (secondary N) is 1. The van der Waals surface area contributed by atoms with Crippen LogP contribution in [0.2, 0.25) is 0 Å². The van der Waals surface area contributed by atoms with Crippen molar-refractivity contribution in [3.8, 4) is 0 Å². The molecule has 19 heavy (non-hydrogen) atoms. The minimum Gasteiger partial charge on any atom is -0.480 e. The van der Waals surface area contributed by atoms with Crippen LogP contribution >= 0.6 is 27.7 Å². The highest BCUT2D eigenvalue weighted by molar-refractivity contribution is 9.10. The summed E-state index contributed by atoms with van der Waals surface area (Å²) < 4.78 is 0.873. The third kappa shape index (κ3) is 5.65. The number of carboxylic acids is 1. The Kier molecular flexibility index (Phi) is 6.94. The number of hydrogen-bond acceptors (Lipinski definition) is 3. The van der Waals surface area contributed by atoms with Crippen molar-refractivity contribution in [3.63, 3.8) is 0 Å². The molecule has 0 spiro atoms. The number of rotatable bonds is 7. The number of thioether (sulfide) groups is 1. The third-order valence-corrected chi connectivity index (χ3v) is 3.93. The van der Waals surface area contributed by atoms with Crippen LogP contribution in [0.1, 0.15) is 23.7 Å². The lowest BCUT2D eigenvalue weighted by molar-refractivity contribution is -0.139. The van der Waals surface area contributed by atoms with Crippen LogP contribution in [0.15, 0.2) is 28.7 Å². The molecule has 0 aliphatic heterocycles. The van der Waals surface area contributed by atoms with Crippen LogP contribution in [0.4, 0.5) is 0 Å². The average molecular weight is 346 g/mol. The summed E-state index contributed by atoms with van der Waals surface area (Å²) in [5.41, 5.74) is 0.456. The van der Waals surface area contributed by atoms with Gasteiger partial charge >= 0.3 is 5.97 Å². The Bertz CT molecular complexity index is 436. The molecule has 1 aromatic carbocycles. The lowest BCUT2D eigenvalue weighted by Crippen LogP contribution is -2.41. The Morgan fingerprint density at radius 1 is 1.37 bits per heavy atom. The van der Waals surface area contributed by atoms with Crippen LogP contribution in [0, 0.1) is 0 Å². The normalized spacial score (nSPS) is 11.9. The summed E-state index contributed by atoms with van der Waals surface area (Å²) in [7, 11) is 0. The Morgan fingerprint density at radius 2 is 2.00 bits per heavy atom. The quantitative estimate of drug-likeness (QED) is 0.745. The van der Waals surface area contributed by atoms with E-state index in [9.17, 15) is 9.59 Å². The monoisotopic (exact) mass is 345 g/mol. The fourth-order valence-electron chi connectivity index (χ4n) is 1.45. The van der Waals surface area contributed by atoms with Gasteiger partial charge in [0.2, 0.25) is 0 Å². The van der Waals surface area contributed by atoms with Gasteiger partial charge in [0, 0.05) is 10.0 Å². The van der Waals surface area contributed by atoms with Crippen LogP contribution in [-0.4, -0.2) is 34.5 Å². The van der Waals surface area contributed by atoms with Crippen molar-refractivity contribution in [1.82, 2.24) is 5.32 Å². The zero-order valence-corrected chi connectivity index (χ0v) is 13.0. The van der Waals surface area contributed by atoms with Crippen LogP contribution in [-0.2, 0) is 4.79 Å². The maximum atomic E-state index is 11.9. The van der Waals surface area contributed by atoms with Gasteiger partial charge < -0.3 is 10.4 Å². The van der Waals surface area contributed by atoms with Gasteiger partial charge in [-0.25, -0.2) is 4.79 Å². The van der Waals surface area contributed by atoms with Crippen LogP contribution in [0.3, 0.4) is 0 Å². The number of benzene rings is 1. The number of halogens is 1. The molecule has 0 fully saturated rings. The van der Waals surface area contributed by atoms with Crippen molar-refractivity contribution in [2.75, 3.05) is 11.5 Å². The first-order valence-corrected chi connectivity index (χ1v) is 7.86. The van der Waals surface area contributed by atoms with E-state index in [-0.39, 0.29) is 5.91 Å². The maximum Gasteiger partial charge on any atom is 0.326 e. The van der Waals surface area contributed by atoms with E-state index < -0.39 is 12.0 Å². The van der Waals surface area contributed by atoms with E-state index in [2.05, 4.69) is 21.2 Å². The molecule has 1 atom stereocenters. The van der Waals surface area contributed by atoms with Crippen molar-refractivity contribution in [3.05, 3.63) is 34.3 Å². The number of carbonyl (C=O) groups excluding carboxylic acids is 1. The maximum absolute atomic E-state index is 11.9. The van der Waals surface area contributed by atoms with Crippen molar-refractivity contribution in [2.24, 2.45) is 0 Å². The number of carboxylic acid groups (broad SMARTS) is 1. The highest BCUT2D eigenvalue weighted by atomic mass is 79.9. The largest absolute Gasteiger partial charge is 0.480 e. The summed E-state index contributed by atoms with van der Waals surface area (Å²) in [5, 5.41) is 11.6. The molecular formula is C13H16BrNO3S. The zero-order valence-electron chi connectivity index (χ0n) is 10.6. The predicted octanol–water partition coefficient (Wildman–Crippen LogP) is 2.78. The summed E-state index contributed by atoms with van der Waals surface area (Å²) in [6.07, 6.45) is 0.427. The van der Waals surface area contributed by atoms with Crippen LogP contribution in [0.25, 0.3) is 0 Å². The standard InChI is InChI=1S/C13H16BrNO3S/c1-2-19-8-7-11(13(17)18)15-12(16)9-3-5-10(14)6-4-9/h3-6,11H,2,7-8H2,1H3,(H,15,16)(H,17,18). The van der Waals surface area contributed by atoms with Crippen molar-refractivity contribution >= 4 is 39.6 Å². The first-order valence-electron chi connectivity index (χ1n) is 5.91. The first kappa shape index (κ1) is 16.0. The second kappa shape index (κ2) is 8.22. The summed E-state index contributed by atoms with van der Waals surface area (Å²) in [5.74, 6) is 0.296. The van der Waals surface area contributed by atoms with Gasteiger partial charge in [0.05, 0.1) is 0 Å². The molecule has 4 nitrogen and oxygen atoms in total. The minimum absolute atomic E-state index is 0.360. The lowest BCUT2D eigenvalue weighted by Gasteiger charge is -2.14. The molecular weight excluding hydrogens is 330 g/mol. The Balaban J connectivity index is 2.60. The van der Waals surface area contributed by atoms with Gasteiger partial charge in [-0.1, -0.05) is 22.9 Å². The number of carbonyl (C=O) groups is 2. The highest BCUT2D eigenvalue weighted by Gasteiger charge is 2.20. The fraction of sp³-hybridized carbons (Fsp3) is 0.385. The van der Waals surface area contributed by atoms with Crippen LogP contribution < -0.4 is 5.32 Å². The van der Waals surface area contributed by atoms with Gasteiger partial charge in [0.15, 0.2) is 0 Å². The van der Waals surface area contributed by atoms with Gasteiger partial charge in [-0.2, -0.15) is 11.8 Å². The number of amides is 1. The van der Waals surface area contributed by atoms with E-state index in [0.717, 1.165) is 10.2 Å². The van der Waals surface area contributed by atoms with Gasteiger partial charge in [-0.05, 0) is 42.2 Å². The zero-order chi connectivity index (χ0) is 14.3. The molecule has 0 radical (unpaired) electrons. The molecule has 0 saturated heterocycles. The molecule has 0 heterocycles. The topological polar surface area (TPSA) is 66.4 Å². The van der Waals surface area contributed by atoms with Gasteiger partial charge in [-0.3, -0.25) is 4.79 Å². The SMILES string of the molecule is CCSCCC(NC(=O)c1ccc(Br)cc1)C(=O)O. The average Bonchev–Trinajstić information content (AvgIpc) is 2.38. The summed E-state index contributed by atoms with van der Waals surface area (Å²) >= 11 is 4.94. The summed E-state index contributed by atoms with van der Waals surface area (Å²) in [4.78, 5) is 23.0. The predicted molar refractivity (Wildman–Crippen MR) is 80.6 cm³/mol. The Hall–Kier alpha value is -1.01. The summed E-state index contributed by atoms with van der Waals surface area (Å²) in [6, 6.07) is 5.96. The molecule has 1 amide bonds. The Morgan fingerprint density at radius 3 is 2.53 bits per heavy atom. The Labute approximate surface area is 125 Å². The van der Waals surface area contributed by atoms with Gasteiger partial charge in [0.1, 0.15) is 6.04 Å². The van der Waals surface area contributed by atoms with Gasteiger partial charge in [-0.15, -0.1) is 0 Å². The van der Waals surface area contributed by atoms with E-state index in [1.807, 2.05) is 6.92 Å². The minimum atomic E-state index is -0.998. The molecule has 0 bridgehead atoms. The molecule has 0 aromatic heterocycles. The first-order chi connectivity index (χ1) is 9.04. The number of aliphatic carboxylic acids is 1. The number of hydrogen-bond donors (Lipinski definition) is 2. The van der Waals surface area contributed by atoms with Crippen molar-refractivity contribution in [1.29, 1.82) is 0 Å². The second-order valence-corrected chi connectivity index (χ2v) is 6.17. The fourth-order valence-corrected chi connectivity index (χ4v) is 2.40. The van der Waals surface area contributed by atoms with Crippen molar-refractivity contribution in [2.45, 2.75) is 19.4 Å². The van der Waals surface area contributed by atoms with E-state index in [1.165, 1.54) is 0 Å². The van der Waals surface area contributed by atoms with Gasteiger partial charge in [0.25, 0.3) is 5.91 Å².